The molecule has 4 fully saturated rings. The molecule has 6 atom stereocenters. The van der Waals surface area contributed by atoms with Crippen molar-refractivity contribution in [1.29, 1.82) is 0 Å². The van der Waals surface area contributed by atoms with E-state index >= 15 is 0 Å². The van der Waals surface area contributed by atoms with E-state index in [1.807, 2.05) is 11.8 Å². The molecule has 0 amide bonds. The van der Waals surface area contributed by atoms with Crippen LogP contribution in [0.2, 0.25) is 0 Å². The number of halogens is 3. The third-order valence-electron chi connectivity index (χ3n) is 6.84. The van der Waals surface area contributed by atoms with Crippen LogP contribution in [0.15, 0.2) is 0 Å². The number of alkyl halides is 3. The first-order valence-electron chi connectivity index (χ1n) is 12.4. The molecule has 0 aliphatic carbocycles. The summed E-state index contributed by atoms with van der Waals surface area (Å²) in [6.07, 6.45) is -1.58. The maximum atomic E-state index is 13.0. The minimum absolute atomic E-state index is 0.0417. The maximum Gasteiger partial charge on any atom is 0.411 e. The molecule has 0 bridgehead atoms. The van der Waals surface area contributed by atoms with Crippen molar-refractivity contribution in [2.75, 3.05) is 52.4 Å². The lowest BCUT2D eigenvalue weighted by Gasteiger charge is -2.46. The van der Waals surface area contributed by atoms with Crippen molar-refractivity contribution < 1.29 is 31.4 Å². The highest BCUT2D eigenvalue weighted by Gasteiger charge is 2.41. The van der Waals surface area contributed by atoms with E-state index in [4.69, 9.17) is 9.47 Å². The molecule has 4 aliphatic heterocycles. The normalized spacial score (nSPS) is 36.3. The molecular weight excluding hydrogens is 491 g/mol. The van der Waals surface area contributed by atoms with Crippen LogP contribution in [0.1, 0.15) is 39.0 Å². The van der Waals surface area contributed by atoms with Crippen LogP contribution in [-0.4, -0.2) is 108 Å². The predicted octanol–water partition coefficient (Wildman–Crippen LogP) is -0.0810. The topological polar surface area (TPSA) is 116 Å². The molecule has 0 radical (unpaired) electrons. The zero-order valence-electron chi connectivity index (χ0n) is 20.1. The number of nitrogens with zero attached hydrogens (tertiary/aromatic N) is 3. The molecule has 0 aromatic rings. The van der Waals surface area contributed by atoms with Crippen LogP contribution in [0.4, 0.5) is 13.2 Å². The highest BCUT2D eigenvalue weighted by molar-refractivity contribution is 7.93. The number of hydrogen-bond acceptors (Lipinski definition) is 9. The molecule has 35 heavy (non-hydrogen) atoms. The quantitative estimate of drug-likeness (QED) is 0.321. The number of nitrogens with one attached hydrogen (secondary N) is 4. The Morgan fingerprint density at radius 3 is 2.34 bits per heavy atom. The van der Waals surface area contributed by atoms with Gasteiger partial charge in [0, 0.05) is 32.7 Å². The van der Waals surface area contributed by atoms with Gasteiger partial charge in [0.2, 0.25) is 10.6 Å². The van der Waals surface area contributed by atoms with Gasteiger partial charge in [-0.15, -0.1) is 8.61 Å². The molecule has 15 heteroatoms. The molecule has 11 nitrogen and oxygen atoms in total. The predicted molar refractivity (Wildman–Crippen MR) is 122 cm³/mol. The van der Waals surface area contributed by atoms with Gasteiger partial charge in [0.05, 0.1) is 25.3 Å². The first-order chi connectivity index (χ1) is 16.6. The first-order valence-corrected chi connectivity index (χ1v) is 13.8. The molecule has 4 rings (SSSR count). The zero-order chi connectivity index (χ0) is 25.1. The molecule has 4 aliphatic rings. The Morgan fingerprint density at radius 2 is 1.71 bits per heavy atom. The van der Waals surface area contributed by atoms with Gasteiger partial charge in [0.1, 0.15) is 19.2 Å². The number of ether oxygens (including phenoxy) is 2. The molecule has 0 aromatic carbocycles. The van der Waals surface area contributed by atoms with Crippen molar-refractivity contribution >= 4 is 10.6 Å². The molecule has 0 spiro atoms. The van der Waals surface area contributed by atoms with Crippen molar-refractivity contribution in [2.45, 2.75) is 76.3 Å². The van der Waals surface area contributed by atoms with Gasteiger partial charge in [-0.1, -0.05) is 10.6 Å². The molecule has 4 heterocycles. The highest BCUT2D eigenvalue weighted by atomic mass is 32.3. The zero-order valence-corrected chi connectivity index (χ0v) is 20.9. The Morgan fingerprint density at radius 1 is 1.03 bits per heavy atom. The minimum Gasteiger partial charge on any atom is -0.580 e. The number of piperidine rings is 1. The van der Waals surface area contributed by atoms with Crippen LogP contribution in [0.5, 0.6) is 0 Å². The Kier molecular flexibility index (Phi) is 9.41. The second-order valence-electron chi connectivity index (χ2n) is 9.60. The SMILES string of the molecule is CC1CCC(CNC2NC(OCC(F)(F)F)NC(N3CCN([S+](=O)([O-])N4CCCCC4)CC3)N2)O1. The van der Waals surface area contributed by atoms with Crippen molar-refractivity contribution in [3.8, 4) is 0 Å². The van der Waals surface area contributed by atoms with E-state index in [0.29, 0.717) is 45.8 Å². The molecule has 0 aromatic heterocycles. The van der Waals surface area contributed by atoms with Gasteiger partial charge in [0.15, 0.2) is 6.35 Å². The van der Waals surface area contributed by atoms with Crippen LogP contribution in [0.3, 0.4) is 0 Å². The van der Waals surface area contributed by atoms with Crippen molar-refractivity contribution in [3.63, 3.8) is 0 Å². The van der Waals surface area contributed by atoms with Gasteiger partial charge in [-0.05, 0) is 32.6 Å². The van der Waals surface area contributed by atoms with Crippen molar-refractivity contribution in [3.05, 3.63) is 0 Å². The van der Waals surface area contributed by atoms with Gasteiger partial charge in [-0.3, -0.25) is 26.2 Å². The summed E-state index contributed by atoms with van der Waals surface area (Å²) in [4.78, 5) is 1.98. The Hall–Kier alpha value is -0.460. The smallest absolute Gasteiger partial charge is 0.411 e. The monoisotopic (exact) mass is 529 g/mol. The summed E-state index contributed by atoms with van der Waals surface area (Å²) >= 11 is 0. The summed E-state index contributed by atoms with van der Waals surface area (Å²) in [6, 6.07) is 0. The fourth-order valence-electron chi connectivity index (χ4n) is 4.94. The number of hydrogen-bond donors (Lipinski definition) is 4. The molecule has 204 valence electrons. The fraction of sp³-hybridized carbons (Fsp3) is 1.00. The lowest BCUT2D eigenvalue weighted by atomic mass is 10.2. The van der Waals surface area contributed by atoms with Crippen molar-refractivity contribution in [1.82, 2.24) is 34.8 Å². The molecular formula is C20H38F3N7O4S. The van der Waals surface area contributed by atoms with E-state index in [1.54, 1.807) is 4.31 Å². The maximum absolute atomic E-state index is 13.0. The molecule has 4 N–H and O–H groups in total. The van der Waals surface area contributed by atoms with Gasteiger partial charge in [0.25, 0.3) is 0 Å². The lowest BCUT2D eigenvalue weighted by Crippen LogP contribution is -2.77. The summed E-state index contributed by atoms with van der Waals surface area (Å²) in [5.41, 5.74) is 0. The van der Waals surface area contributed by atoms with Gasteiger partial charge in [-0.2, -0.15) is 13.2 Å². The Bertz CT molecular complexity index is 725. The van der Waals surface area contributed by atoms with Gasteiger partial charge >= 0.3 is 6.18 Å². The fourth-order valence-corrected chi connectivity index (χ4v) is 6.61. The van der Waals surface area contributed by atoms with Crippen LogP contribution in [-0.2, 0) is 24.3 Å². The third-order valence-corrected chi connectivity index (χ3v) is 8.88. The lowest BCUT2D eigenvalue weighted by molar-refractivity contribution is -0.202. The summed E-state index contributed by atoms with van der Waals surface area (Å²) in [7, 11) is -3.50. The Labute approximate surface area is 205 Å². The van der Waals surface area contributed by atoms with E-state index in [1.165, 1.54) is 4.31 Å². The Balaban J connectivity index is 1.32. The van der Waals surface area contributed by atoms with Gasteiger partial charge in [-0.25, -0.2) is 0 Å². The largest absolute Gasteiger partial charge is 0.580 e. The van der Waals surface area contributed by atoms with Crippen molar-refractivity contribution in [2.24, 2.45) is 0 Å². The second kappa shape index (κ2) is 11.9. The van der Waals surface area contributed by atoms with E-state index < -0.39 is 42.3 Å². The minimum atomic E-state index is -4.45. The van der Waals surface area contributed by atoms with Crippen LogP contribution < -0.4 is 21.3 Å². The van der Waals surface area contributed by atoms with Crippen LogP contribution in [0, 0.1) is 0 Å². The summed E-state index contributed by atoms with van der Waals surface area (Å²) in [6.45, 7) is 3.75. The van der Waals surface area contributed by atoms with Crippen LogP contribution >= 0.6 is 0 Å². The standard InChI is InChI=1S/C20H38F3N7O4S/c1-15-5-6-16(34-15)13-24-17-25-18(27-19(26-17)33-14-20(21,22)23)28-9-11-30(12-10-28)35(31,32)29-7-3-2-4-8-29/h15-19,24-27H,2-14H2,1H3. The van der Waals surface area contributed by atoms with E-state index in [2.05, 4.69) is 21.3 Å². The van der Waals surface area contributed by atoms with E-state index in [-0.39, 0.29) is 12.2 Å². The first kappa shape index (κ1) is 27.6. The molecule has 6 unspecified atom stereocenters. The number of rotatable bonds is 8. The summed E-state index contributed by atoms with van der Waals surface area (Å²) in [5.74, 6) is 0. The average Bonchev–Trinajstić information content (AvgIpc) is 3.26. The van der Waals surface area contributed by atoms with E-state index in [9.17, 15) is 21.9 Å². The number of piperazine rings is 1. The second-order valence-corrected chi connectivity index (χ2v) is 11.5. The van der Waals surface area contributed by atoms with E-state index in [0.717, 1.165) is 32.1 Å². The average molecular weight is 530 g/mol. The third kappa shape index (κ3) is 7.77. The summed E-state index contributed by atoms with van der Waals surface area (Å²) in [5, 5.41) is 12.5. The van der Waals surface area contributed by atoms with Crippen LogP contribution in [0.25, 0.3) is 0 Å². The van der Waals surface area contributed by atoms with Gasteiger partial charge < -0.3 is 14.0 Å². The summed E-state index contributed by atoms with van der Waals surface area (Å²) < 4.78 is 78.1. The molecule has 4 saturated heterocycles. The molecule has 0 saturated carbocycles. The highest BCUT2D eigenvalue weighted by Crippen LogP contribution is 2.23.